The maximum Gasteiger partial charge on any atom is 0.303 e. The molecule has 0 amide bonds. The van der Waals surface area contributed by atoms with Gasteiger partial charge in [0.1, 0.15) is 0 Å². The molecule has 2 fully saturated rings. The lowest BCUT2D eigenvalue weighted by Gasteiger charge is -2.30. The number of carbonyl (C=O) groups is 2. The van der Waals surface area contributed by atoms with Gasteiger partial charge in [0.2, 0.25) is 0 Å². The van der Waals surface area contributed by atoms with Crippen LogP contribution in [-0.4, -0.2) is 42.3 Å². The second kappa shape index (κ2) is 11.7. The molecule has 0 aromatic rings. The van der Waals surface area contributed by atoms with E-state index < -0.39 is 5.97 Å². The third kappa shape index (κ3) is 7.38. The Morgan fingerprint density at radius 1 is 1.14 bits per heavy atom. The van der Waals surface area contributed by atoms with Gasteiger partial charge in [0.25, 0.3) is 0 Å². The first-order valence-electron chi connectivity index (χ1n) is 11.2. The van der Waals surface area contributed by atoms with Gasteiger partial charge >= 0.3 is 5.97 Å². The lowest BCUT2D eigenvalue weighted by Crippen LogP contribution is -2.37. The number of fused-ring (bicyclic) bond motifs is 1. The summed E-state index contributed by atoms with van der Waals surface area (Å²) in [5.74, 6) is 0.00339. The Morgan fingerprint density at radius 2 is 1.90 bits per heavy atom. The van der Waals surface area contributed by atoms with E-state index in [0.29, 0.717) is 25.6 Å². The van der Waals surface area contributed by atoms with Gasteiger partial charge in [-0.1, -0.05) is 51.8 Å². The maximum absolute atomic E-state index is 12.7. The second-order valence-corrected chi connectivity index (χ2v) is 9.01. The van der Waals surface area contributed by atoms with Gasteiger partial charge in [-0.3, -0.25) is 9.59 Å². The summed E-state index contributed by atoms with van der Waals surface area (Å²) in [6.07, 6.45) is 14.7. The average Bonchev–Trinajstić information content (AvgIpc) is 3.04. The Kier molecular flexibility index (Phi) is 9.57. The van der Waals surface area contributed by atoms with Crippen molar-refractivity contribution in [1.82, 2.24) is 0 Å². The standard InChI is InChI=1S/C24H38O5/c1-4-5-14-24(2,3)21(25)13-12-18-17-20-23(29-16-15-28-20)19(18)10-8-6-7-9-11-22(26)27/h6,8,12-13,18-20,23H,4-5,7,9-11,14-17H2,1-3H3,(H,26,27). The number of carboxylic acids is 1. The zero-order chi connectivity index (χ0) is 21.3. The van der Waals surface area contributed by atoms with Crippen molar-refractivity contribution < 1.29 is 24.2 Å². The minimum Gasteiger partial charge on any atom is -0.481 e. The topological polar surface area (TPSA) is 72.8 Å². The molecule has 4 unspecified atom stereocenters. The molecule has 1 N–H and O–H groups in total. The minimum absolute atomic E-state index is 0.0743. The van der Waals surface area contributed by atoms with Gasteiger partial charge in [0.15, 0.2) is 5.78 Å². The van der Waals surface area contributed by atoms with Crippen LogP contribution in [0, 0.1) is 17.3 Å². The van der Waals surface area contributed by atoms with Crippen molar-refractivity contribution in [3.63, 3.8) is 0 Å². The Morgan fingerprint density at radius 3 is 2.62 bits per heavy atom. The van der Waals surface area contributed by atoms with Crippen molar-refractivity contribution in [3.05, 3.63) is 24.3 Å². The third-order valence-electron chi connectivity index (χ3n) is 6.22. The van der Waals surface area contributed by atoms with Gasteiger partial charge in [-0.05, 0) is 50.0 Å². The summed E-state index contributed by atoms with van der Waals surface area (Å²) in [4.78, 5) is 23.3. The Labute approximate surface area is 175 Å². The van der Waals surface area contributed by atoms with Gasteiger partial charge in [-0.25, -0.2) is 0 Å². The van der Waals surface area contributed by atoms with Crippen molar-refractivity contribution in [3.8, 4) is 0 Å². The first-order chi connectivity index (χ1) is 13.8. The summed E-state index contributed by atoms with van der Waals surface area (Å²) >= 11 is 0. The maximum atomic E-state index is 12.7. The molecule has 0 aromatic heterocycles. The molecule has 1 aliphatic heterocycles. The molecular weight excluding hydrogens is 368 g/mol. The number of ketones is 1. The Bertz CT molecular complexity index is 592. The molecule has 1 heterocycles. The van der Waals surface area contributed by atoms with Crippen molar-refractivity contribution in [2.75, 3.05) is 13.2 Å². The molecule has 1 saturated heterocycles. The van der Waals surface area contributed by atoms with Crippen LogP contribution >= 0.6 is 0 Å². The fourth-order valence-electron chi connectivity index (χ4n) is 4.33. The fraction of sp³-hybridized carbons (Fsp3) is 0.750. The molecule has 5 nitrogen and oxygen atoms in total. The first-order valence-corrected chi connectivity index (χ1v) is 11.2. The number of hydrogen-bond donors (Lipinski definition) is 1. The molecule has 2 rings (SSSR count). The zero-order valence-corrected chi connectivity index (χ0v) is 18.3. The van der Waals surface area contributed by atoms with Crippen molar-refractivity contribution in [1.29, 1.82) is 0 Å². The number of ether oxygens (including phenoxy) is 2. The summed E-state index contributed by atoms with van der Waals surface area (Å²) in [5.41, 5.74) is -0.315. The van der Waals surface area contributed by atoms with Crippen LogP contribution in [0.2, 0.25) is 0 Å². The van der Waals surface area contributed by atoms with E-state index in [1.54, 1.807) is 6.08 Å². The lowest BCUT2D eigenvalue weighted by molar-refractivity contribution is -0.137. The van der Waals surface area contributed by atoms with Crippen LogP contribution in [0.1, 0.15) is 72.1 Å². The van der Waals surface area contributed by atoms with E-state index in [1.807, 2.05) is 13.8 Å². The second-order valence-electron chi connectivity index (χ2n) is 9.01. The number of allylic oxidation sites excluding steroid dienone is 4. The summed E-state index contributed by atoms with van der Waals surface area (Å²) in [6, 6.07) is 0. The highest BCUT2D eigenvalue weighted by molar-refractivity contribution is 5.94. The van der Waals surface area contributed by atoms with Crippen molar-refractivity contribution in [2.45, 2.75) is 84.3 Å². The van der Waals surface area contributed by atoms with Crippen LogP contribution in [0.15, 0.2) is 24.3 Å². The highest BCUT2D eigenvalue weighted by Gasteiger charge is 2.44. The lowest BCUT2D eigenvalue weighted by atomic mass is 9.82. The molecule has 0 aromatic carbocycles. The SMILES string of the molecule is CCCCC(C)(C)C(=O)C=CC1CC2OCCOC2C1CC=CCCCC(=O)O. The molecule has 2 aliphatic rings. The van der Waals surface area contributed by atoms with E-state index in [1.165, 1.54) is 0 Å². The zero-order valence-electron chi connectivity index (χ0n) is 18.3. The highest BCUT2D eigenvalue weighted by atomic mass is 16.6. The number of carboxylic acid groups (broad SMARTS) is 1. The Balaban J connectivity index is 1.97. The summed E-state index contributed by atoms with van der Waals surface area (Å²) in [5, 5.41) is 8.73. The summed E-state index contributed by atoms with van der Waals surface area (Å²) in [7, 11) is 0. The van der Waals surface area contributed by atoms with E-state index in [4.69, 9.17) is 14.6 Å². The minimum atomic E-state index is -0.749. The molecule has 1 aliphatic carbocycles. The van der Waals surface area contributed by atoms with Crippen LogP contribution < -0.4 is 0 Å². The molecule has 4 atom stereocenters. The van der Waals surface area contributed by atoms with E-state index in [-0.39, 0.29) is 35.7 Å². The highest BCUT2D eigenvalue weighted by Crippen LogP contribution is 2.41. The van der Waals surface area contributed by atoms with Crippen LogP contribution in [0.4, 0.5) is 0 Å². The van der Waals surface area contributed by atoms with Crippen molar-refractivity contribution in [2.24, 2.45) is 17.3 Å². The predicted octanol–water partition coefficient (Wildman–Crippen LogP) is 4.95. The van der Waals surface area contributed by atoms with Gasteiger partial charge in [0, 0.05) is 11.8 Å². The number of rotatable bonds is 12. The number of aliphatic carboxylic acids is 1. The third-order valence-corrected chi connectivity index (χ3v) is 6.22. The monoisotopic (exact) mass is 406 g/mol. The van der Waals surface area contributed by atoms with Crippen LogP contribution in [0.5, 0.6) is 0 Å². The number of carbonyl (C=O) groups excluding carboxylic acids is 1. The normalized spacial score (nSPS) is 27.6. The van der Waals surface area contributed by atoms with Gasteiger partial charge in [-0.2, -0.15) is 0 Å². The molecular formula is C24H38O5. The van der Waals surface area contributed by atoms with Crippen LogP contribution in [0.25, 0.3) is 0 Å². The Hall–Kier alpha value is -1.46. The van der Waals surface area contributed by atoms with E-state index in [2.05, 4.69) is 25.2 Å². The van der Waals surface area contributed by atoms with Crippen LogP contribution in [-0.2, 0) is 19.1 Å². The first kappa shape index (κ1) is 23.8. The predicted molar refractivity (Wildman–Crippen MR) is 114 cm³/mol. The molecule has 0 radical (unpaired) electrons. The van der Waals surface area contributed by atoms with E-state index in [0.717, 1.165) is 38.5 Å². The number of hydrogen-bond acceptors (Lipinski definition) is 4. The molecule has 5 heteroatoms. The number of unbranched alkanes of at least 4 members (excludes halogenated alkanes) is 2. The van der Waals surface area contributed by atoms with E-state index >= 15 is 0 Å². The van der Waals surface area contributed by atoms with E-state index in [9.17, 15) is 9.59 Å². The average molecular weight is 407 g/mol. The van der Waals surface area contributed by atoms with Gasteiger partial charge < -0.3 is 14.6 Å². The summed E-state index contributed by atoms with van der Waals surface area (Å²) < 4.78 is 12.0. The fourth-order valence-corrected chi connectivity index (χ4v) is 4.33. The van der Waals surface area contributed by atoms with Gasteiger partial charge in [0.05, 0.1) is 25.4 Å². The molecule has 1 saturated carbocycles. The molecule has 29 heavy (non-hydrogen) atoms. The summed E-state index contributed by atoms with van der Waals surface area (Å²) in [6.45, 7) is 7.48. The largest absolute Gasteiger partial charge is 0.481 e. The van der Waals surface area contributed by atoms with Crippen molar-refractivity contribution >= 4 is 11.8 Å². The smallest absolute Gasteiger partial charge is 0.303 e. The quantitative estimate of drug-likeness (QED) is 0.282. The van der Waals surface area contributed by atoms with Crippen LogP contribution in [0.3, 0.4) is 0 Å². The molecule has 0 bridgehead atoms. The van der Waals surface area contributed by atoms with Gasteiger partial charge in [-0.15, -0.1) is 0 Å². The molecule has 0 spiro atoms. The molecule has 164 valence electrons.